The van der Waals surface area contributed by atoms with E-state index in [0.717, 1.165) is 41.6 Å². The van der Waals surface area contributed by atoms with Crippen molar-refractivity contribution in [1.29, 1.82) is 0 Å². The largest absolute Gasteiger partial charge is 0.364 e. The Morgan fingerprint density at radius 1 is 1.17 bits per heavy atom. The van der Waals surface area contributed by atoms with E-state index in [-0.39, 0.29) is 5.91 Å². The highest BCUT2D eigenvalue weighted by molar-refractivity contribution is 8.23. The first-order chi connectivity index (χ1) is 13.8. The third kappa shape index (κ3) is 5.55. The van der Waals surface area contributed by atoms with Gasteiger partial charge in [0.2, 0.25) is 5.91 Å². The van der Waals surface area contributed by atoms with Gasteiger partial charge in [-0.2, -0.15) is 4.98 Å². The van der Waals surface area contributed by atoms with Gasteiger partial charge in [-0.05, 0) is 20.3 Å². The van der Waals surface area contributed by atoms with Crippen molar-refractivity contribution in [3.05, 3.63) is 17.3 Å². The molecule has 0 aliphatic carbocycles. The van der Waals surface area contributed by atoms with Crippen LogP contribution >= 0.6 is 24.0 Å². The Morgan fingerprint density at radius 2 is 1.97 bits per heavy atom. The van der Waals surface area contributed by atoms with Crippen molar-refractivity contribution in [2.75, 3.05) is 46.0 Å². The fraction of sp³-hybridized carbons (Fsp3) is 0.611. The number of carbonyl (C=O) groups excluding carboxylic acids is 1. The quantitative estimate of drug-likeness (QED) is 0.645. The third-order valence-corrected chi connectivity index (χ3v) is 6.43. The number of thioether (sulfide) groups is 1. The highest BCUT2D eigenvalue weighted by atomic mass is 32.2. The number of hydrogen-bond acceptors (Lipinski definition) is 9. The zero-order chi connectivity index (χ0) is 21.0. The van der Waals surface area contributed by atoms with Gasteiger partial charge in [-0.1, -0.05) is 34.3 Å². The summed E-state index contributed by atoms with van der Waals surface area (Å²) in [5, 5.41) is 8.03. The first kappa shape index (κ1) is 21.7. The van der Waals surface area contributed by atoms with Gasteiger partial charge < -0.3 is 18.8 Å². The number of aromatic nitrogens is 3. The van der Waals surface area contributed by atoms with E-state index in [4.69, 9.17) is 21.3 Å². The minimum atomic E-state index is 0.126. The van der Waals surface area contributed by atoms with Gasteiger partial charge in [0.1, 0.15) is 15.6 Å². The van der Waals surface area contributed by atoms with Crippen LogP contribution in [0.5, 0.6) is 0 Å². The number of amides is 1. The van der Waals surface area contributed by atoms with Crippen LogP contribution in [0.4, 0.5) is 0 Å². The van der Waals surface area contributed by atoms with Crippen molar-refractivity contribution in [3.8, 4) is 11.5 Å². The van der Waals surface area contributed by atoms with Crippen LogP contribution in [0.3, 0.4) is 0 Å². The summed E-state index contributed by atoms with van der Waals surface area (Å²) in [6.07, 6.45) is 0.906. The lowest BCUT2D eigenvalue weighted by molar-refractivity contribution is -0.128. The fourth-order valence-corrected chi connectivity index (χ4v) is 3.99. The number of carbonyl (C=O) groups is 1. The maximum atomic E-state index is 12.5. The van der Waals surface area contributed by atoms with E-state index < -0.39 is 0 Å². The minimum absolute atomic E-state index is 0.126. The highest BCUT2D eigenvalue weighted by Gasteiger charge is 2.22. The zero-order valence-corrected chi connectivity index (χ0v) is 18.8. The van der Waals surface area contributed by atoms with Crippen LogP contribution in [-0.4, -0.2) is 86.3 Å². The van der Waals surface area contributed by atoms with Gasteiger partial charge in [-0.3, -0.25) is 9.69 Å². The Bertz CT molecular complexity index is 846. The molecule has 2 aromatic heterocycles. The fourth-order valence-electron chi connectivity index (χ4n) is 3.13. The first-order valence-corrected chi connectivity index (χ1v) is 10.8. The number of rotatable bonds is 5. The molecule has 3 rings (SSSR count). The molecule has 11 heteroatoms. The first-order valence-electron chi connectivity index (χ1n) is 9.45. The Hall–Kier alpha value is -1.98. The number of nitrogens with zero attached hydrogens (tertiary/aromatic N) is 6. The highest BCUT2D eigenvalue weighted by Crippen LogP contribution is 2.25. The predicted octanol–water partition coefficient (Wildman–Crippen LogP) is 1.96. The molecular weight excluding hydrogens is 412 g/mol. The molecule has 0 radical (unpaired) electrons. The van der Waals surface area contributed by atoms with Crippen LogP contribution in [0.25, 0.3) is 11.5 Å². The van der Waals surface area contributed by atoms with Gasteiger partial charge in [-0.25, -0.2) is 0 Å². The Balaban J connectivity index is 1.53. The third-order valence-electron chi connectivity index (χ3n) is 4.71. The second kappa shape index (κ2) is 9.68. The van der Waals surface area contributed by atoms with E-state index in [0.29, 0.717) is 36.3 Å². The molecule has 1 saturated heterocycles. The number of aryl methyl sites for hydroxylation is 2. The standard InChI is InChI=1S/C18H26N6O3S2/c1-12-16(13(2)26-20-12)17-19-14(21-27-17)10-23-6-5-7-24(9-8-23)15(25)11-29-18(28)22(3)4/h5-11H2,1-4H3. The van der Waals surface area contributed by atoms with E-state index in [2.05, 4.69) is 20.2 Å². The molecule has 29 heavy (non-hydrogen) atoms. The van der Waals surface area contributed by atoms with Gasteiger partial charge in [0.05, 0.1) is 18.0 Å². The van der Waals surface area contributed by atoms with E-state index in [1.807, 2.05) is 37.7 Å². The summed E-state index contributed by atoms with van der Waals surface area (Å²) in [5.41, 5.74) is 1.48. The average Bonchev–Trinajstić information content (AvgIpc) is 3.18. The predicted molar refractivity (Wildman–Crippen MR) is 114 cm³/mol. The molecule has 9 nitrogen and oxygen atoms in total. The molecular formula is C18H26N6O3S2. The molecule has 1 amide bonds. The average molecular weight is 439 g/mol. The molecule has 0 atom stereocenters. The molecule has 1 fully saturated rings. The summed E-state index contributed by atoms with van der Waals surface area (Å²) in [6.45, 7) is 7.33. The van der Waals surface area contributed by atoms with E-state index in [9.17, 15) is 4.79 Å². The lowest BCUT2D eigenvalue weighted by Crippen LogP contribution is -2.36. The van der Waals surface area contributed by atoms with Crippen LogP contribution in [0.15, 0.2) is 9.05 Å². The molecule has 158 valence electrons. The Kier molecular flexibility index (Phi) is 7.25. The maximum Gasteiger partial charge on any atom is 0.263 e. The molecule has 0 spiro atoms. The molecule has 1 aliphatic rings. The van der Waals surface area contributed by atoms with Gasteiger partial charge in [0.25, 0.3) is 5.89 Å². The van der Waals surface area contributed by atoms with Crippen molar-refractivity contribution in [1.82, 2.24) is 30.0 Å². The lowest BCUT2D eigenvalue weighted by atomic mass is 10.2. The van der Waals surface area contributed by atoms with Gasteiger partial charge in [0.15, 0.2) is 5.82 Å². The summed E-state index contributed by atoms with van der Waals surface area (Å²) in [5.74, 6) is 2.21. The van der Waals surface area contributed by atoms with Crippen molar-refractivity contribution in [3.63, 3.8) is 0 Å². The van der Waals surface area contributed by atoms with Crippen LogP contribution in [0, 0.1) is 13.8 Å². The summed E-state index contributed by atoms with van der Waals surface area (Å²) in [4.78, 5) is 23.0. The van der Waals surface area contributed by atoms with Crippen LogP contribution in [-0.2, 0) is 11.3 Å². The summed E-state index contributed by atoms with van der Waals surface area (Å²) < 4.78 is 11.3. The van der Waals surface area contributed by atoms with Crippen molar-refractivity contribution < 1.29 is 13.8 Å². The normalized spacial score (nSPS) is 15.4. The maximum absolute atomic E-state index is 12.5. The summed E-state index contributed by atoms with van der Waals surface area (Å²) in [7, 11) is 3.78. The number of thiocarbonyl (C=S) groups is 1. The Morgan fingerprint density at radius 3 is 2.66 bits per heavy atom. The van der Waals surface area contributed by atoms with Crippen molar-refractivity contribution in [2.24, 2.45) is 0 Å². The van der Waals surface area contributed by atoms with Gasteiger partial charge in [0, 0.05) is 40.3 Å². The molecule has 0 unspecified atom stereocenters. The summed E-state index contributed by atoms with van der Waals surface area (Å²) >= 11 is 6.65. The molecule has 0 aromatic carbocycles. The molecule has 0 bridgehead atoms. The van der Waals surface area contributed by atoms with E-state index in [1.165, 1.54) is 11.8 Å². The molecule has 0 N–H and O–H groups in total. The second-order valence-corrected chi connectivity index (χ2v) is 8.78. The van der Waals surface area contributed by atoms with E-state index >= 15 is 0 Å². The molecule has 0 saturated carbocycles. The molecule has 1 aliphatic heterocycles. The summed E-state index contributed by atoms with van der Waals surface area (Å²) in [6, 6.07) is 0. The van der Waals surface area contributed by atoms with Gasteiger partial charge in [-0.15, -0.1) is 0 Å². The topological polar surface area (TPSA) is 91.7 Å². The Labute approximate surface area is 179 Å². The zero-order valence-electron chi connectivity index (χ0n) is 17.2. The van der Waals surface area contributed by atoms with E-state index in [1.54, 1.807) is 0 Å². The smallest absolute Gasteiger partial charge is 0.263 e. The van der Waals surface area contributed by atoms with Crippen LogP contribution in [0.1, 0.15) is 23.7 Å². The molecule has 2 aromatic rings. The van der Waals surface area contributed by atoms with Crippen LogP contribution < -0.4 is 0 Å². The minimum Gasteiger partial charge on any atom is -0.364 e. The SMILES string of the molecule is Cc1noc(C)c1-c1nc(CN2CCCN(C(=O)CSC(=S)N(C)C)CC2)no1. The van der Waals surface area contributed by atoms with Crippen molar-refractivity contribution in [2.45, 2.75) is 26.8 Å². The van der Waals surface area contributed by atoms with Gasteiger partial charge >= 0.3 is 0 Å². The lowest BCUT2D eigenvalue weighted by Gasteiger charge is -2.21. The molecule has 3 heterocycles. The van der Waals surface area contributed by atoms with Crippen molar-refractivity contribution >= 4 is 34.2 Å². The second-order valence-electron chi connectivity index (χ2n) is 7.17. The van der Waals surface area contributed by atoms with Crippen LogP contribution in [0.2, 0.25) is 0 Å². The number of hydrogen-bond donors (Lipinski definition) is 0. The monoisotopic (exact) mass is 438 g/mol.